The second-order valence-electron chi connectivity index (χ2n) is 6.77. The summed E-state index contributed by atoms with van der Waals surface area (Å²) >= 11 is 0. The van der Waals surface area contributed by atoms with E-state index in [0.717, 1.165) is 24.0 Å². The predicted octanol–water partition coefficient (Wildman–Crippen LogP) is 3.63. The van der Waals surface area contributed by atoms with Crippen LogP contribution in [0.15, 0.2) is 54.6 Å². The van der Waals surface area contributed by atoms with E-state index in [1.807, 2.05) is 30.3 Å². The minimum absolute atomic E-state index is 0.0250. The molecule has 5 nitrogen and oxygen atoms in total. The number of hydrogen-bond acceptors (Lipinski definition) is 3. The molecule has 1 saturated heterocycles. The molecule has 142 valence electrons. The summed E-state index contributed by atoms with van der Waals surface area (Å²) in [6.45, 7) is 3.43. The van der Waals surface area contributed by atoms with E-state index in [2.05, 4.69) is 29.6 Å². The standard InChI is InChI=1S/C22H26N2O3/c1-2-27-22(26)24-14-12-20(13-15-24)23-21(25)16-17-8-10-19(11-9-17)18-6-4-3-5-7-18/h3-11,20H,2,12-16H2,1H3,(H,23,25). The van der Waals surface area contributed by atoms with Crippen LogP contribution in [0.25, 0.3) is 11.1 Å². The number of carbonyl (C=O) groups is 2. The molecule has 0 aliphatic carbocycles. The fourth-order valence-corrected chi connectivity index (χ4v) is 3.33. The largest absolute Gasteiger partial charge is 0.450 e. The van der Waals surface area contributed by atoms with E-state index in [4.69, 9.17) is 4.74 Å². The first-order chi connectivity index (χ1) is 13.2. The maximum absolute atomic E-state index is 12.3. The summed E-state index contributed by atoms with van der Waals surface area (Å²) in [5.41, 5.74) is 3.31. The SMILES string of the molecule is CCOC(=O)N1CCC(NC(=O)Cc2ccc(-c3ccccc3)cc2)CC1. The van der Waals surface area contributed by atoms with Crippen LogP contribution in [0.1, 0.15) is 25.3 Å². The van der Waals surface area contributed by atoms with Gasteiger partial charge in [0.15, 0.2) is 0 Å². The van der Waals surface area contributed by atoms with Crippen molar-refractivity contribution in [3.05, 3.63) is 60.2 Å². The van der Waals surface area contributed by atoms with E-state index < -0.39 is 0 Å². The molecule has 3 rings (SSSR count). The molecule has 1 aliphatic rings. The normalized spacial score (nSPS) is 14.6. The van der Waals surface area contributed by atoms with Crippen LogP contribution in [0, 0.1) is 0 Å². The zero-order chi connectivity index (χ0) is 19.1. The highest BCUT2D eigenvalue weighted by Gasteiger charge is 2.24. The maximum Gasteiger partial charge on any atom is 0.409 e. The number of piperidine rings is 1. The van der Waals surface area contributed by atoms with Crippen LogP contribution in [0.2, 0.25) is 0 Å². The highest BCUT2D eigenvalue weighted by atomic mass is 16.6. The molecule has 1 fully saturated rings. The van der Waals surface area contributed by atoms with E-state index in [1.54, 1.807) is 11.8 Å². The van der Waals surface area contributed by atoms with Gasteiger partial charge in [0.1, 0.15) is 0 Å². The van der Waals surface area contributed by atoms with Gasteiger partial charge in [0.25, 0.3) is 0 Å². The molecule has 1 aliphatic heterocycles. The minimum atomic E-state index is -0.263. The van der Waals surface area contributed by atoms with E-state index in [0.29, 0.717) is 26.1 Å². The van der Waals surface area contributed by atoms with Gasteiger partial charge in [-0.15, -0.1) is 0 Å². The number of hydrogen-bond donors (Lipinski definition) is 1. The average molecular weight is 366 g/mol. The Bertz CT molecular complexity index is 751. The van der Waals surface area contributed by atoms with Gasteiger partial charge in [-0.3, -0.25) is 4.79 Å². The molecule has 2 aromatic rings. The minimum Gasteiger partial charge on any atom is -0.450 e. The quantitative estimate of drug-likeness (QED) is 0.879. The Morgan fingerprint density at radius 2 is 1.63 bits per heavy atom. The van der Waals surface area contributed by atoms with Crippen molar-refractivity contribution < 1.29 is 14.3 Å². The predicted molar refractivity (Wildman–Crippen MR) is 105 cm³/mol. The fourth-order valence-electron chi connectivity index (χ4n) is 3.33. The van der Waals surface area contributed by atoms with Gasteiger partial charge >= 0.3 is 6.09 Å². The van der Waals surface area contributed by atoms with E-state index >= 15 is 0 Å². The van der Waals surface area contributed by atoms with Gasteiger partial charge in [0, 0.05) is 19.1 Å². The second-order valence-corrected chi connectivity index (χ2v) is 6.77. The monoisotopic (exact) mass is 366 g/mol. The van der Waals surface area contributed by atoms with Crippen LogP contribution in [0.4, 0.5) is 4.79 Å². The molecule has 0 saturated carbocycles. The number of amides is 2. The van der Waals surface area contributed by atoms with Gasteiger partial charge in [-0.1, -0.05) is 54.6 Å². The van der Waals surface area contributed by atoms with Crippen molar-refractivity contribution in [2.75, 3.05) is 19.7 Å². The number of rotatable bonds is 5. The van der Waals surface area contributed by atoms with Gasteiger partial charge in [0.05, 0.1) is 13.0 Å². The summed E-state index contributed by atoms with van der Waals surface area (Å²) in [6.07, 6.45) is 1.63. The lowest BCUT2D eigenvalue weighted by molar-refractivity contribution is -0.121. The molecule has 0 unspecified atom stereocenters. The summed E-state index contributed by atoms with van der Waals surface area (Å²) in [6, 6.07) is 18.4. The lowest BCUT2D eigenvalue weighted by atomic mass is 10.0. The number of ether oxygens (including phenoxy) is 1. The third kappa shape index (κ3) is 5.33. The third-order valence-corrected chi connectivity index (χ3v) is 4.81. The van der Waals surface area contributed by atoms with Gasteiger partial charge in [0.2, 0.25) is 5.91 Å². The molecule has 0 bridgehead atoms. The van der Waals surface area contributed by atoms with Gasteiger partial charge in [-0.05, 0) is 36.5 Å². The van der Waals surface area contributed by atoms with Crippen molar-refractivity contribution in [1.29, 1.82) is 0 Å². The molecular weight excluding hydrogens is 340 g/mol. The molecule has 27 heavy (non-hydrogen) atoms. The zero-order valence-electron chi connectivity index (χ0n) is 15.7. The summed E-state index contributed by atoms with van der Waals surface area (Å²) in [4.78, 5) is 25.8. The first kappa shape index (κ1) is 19.0. The van der Waals surface area contributed by atoms with Gasteiger partial charge < -0.3 is 15.0 Å². The Morgan fingerprint density at radius 3 is 2.26 bits per heavy atom. The third-order valence-electron chi connectivity index (χ3n) is 4.81. The Morgan fingerprint density at radius 1 is 1.00 bits per heavy atom. The lowest BCUT2D eigenvalue weighted by Gasteiger charge is -2.31. The number of nitrogens with zero attached hydrogens (tertiary/aromatic N) is 1. The van der Waals surface area contributed by atoms with Crippen LogP contribution in [0.3, 0.4) is 0 Å². The zero-order valence-corrected chi connectivity index (χ0v) is 15.7. The molecule has 2 amide bonds. The molecule has 0 atom stereocenters. The van der Waals surface area contributed by atoms with Crippen molar-refractivity contribution in [3.63, 3.8) is 0 Å². The van der Waals surface area contributed by atoms with E-state index in [1.165, 1.54) is 5.56 Å². The lowest BCUT2D eigenvalue weighted by Crippen LogP contribution is -2.47. The first-order valence-corrected chi connectivity index (χ1v) is 9.51. The van der Waals surface area contributed by atoms with Crippen molar-refractivity contribution in [3.8, 4) is 11.1 Å². The highest BCUT2D eigenvalue weighted by molar-refractivity contribution is 5.79. The van der Waals surface area contributed by atoms with Crippen LogP contribution in [0.5, 0.6) is 0 Å². The second kappa shape index (κ2) is 9.21. The van der Waals surface area contributed by atoms with Gasteiger partial charge in [-0.2, -0.15) is 0 Å². The fraction of sp³-hybridized carbons (Fsp3) is 0.364. The first-order valence-electron chi connectivity index (χ1n) is 9.51. The van der Waals surface area contributed by atoms with Gasteiger partial charge in [-0.25, -0.2) is 4.79 Å². The molecule has 1 heterocycles. The average Bonchev–Trinajstić information content (AvgIpc) is 2.70. The smallest absolute Gasteiger partial charge is 0.409 e. The van der Waals surface area contributed by atoms with Crippen molar-refractivity contribution >= 4 is 12.0 Å². The molecule has 0 radical (unpaired) electrons. The van der Waals surface area contributed by atoms with E-state index in [-0.39, 0.29) is 18.0 Å². The molecule has 0 spiro atoms. The topological polar surface area (TPSA) is 58.6 Å². The molecular formula is C22H26N2O3. The summed E-state index contributed by atoms with van der Waals surface area (Å²) < 4.78 is 5.02. The summed E-state index contributed by atoms with van der Waals surface area (Å²) in [5, 5.41) is 3.09. The van der Waals surface area contributed by atoms with E-state index in [9.17, 15) is 9.59 Å². The van der Waals surface area contributed by atoms with Crippen molar-refractivity contribution in [2.24, 2.45) is 0 Å². The Kier molecular flexibility index (Phi) is 6.47. The Labute approximate surface area is 160 Å². The van der Waals surface area contributed by atoms with Crippen molar-refractivity contribution in [2.45, 2.75) is 32.2 Å². The molecule has 2 aromatic carbocycles. The van der Waals surface area contributed by atoms with Crippen molar-refractivity contribution in [1.82, 2.24) is 10.2 Å². The summed E-state index contributed by atoms with van der Waals surface area (Å²) in [5.74, 6) is 0.0250. The molecule has 1 N–H and O–H groups in total. The number of carbonyl (C=O) groups excluding carboxylic acids is 2. The number of nitrogens with one attached hydrogen (secondary N) is 1. The van der Waals surface area contributed by atoms with Crippen LogP contribution in [-0.4, -0.2) is 42.6 Å². The highest BCUT2D eigenvalue weighted by Crippen LogP contribution is 2.19. The summed E-state index contributed by atoms with van der Waals surface area (Å²) in [7, 11) is 0. The molecule has 5 heteroatoms. The molecule has 0 aromatic heterocycles. The number of likely N-dealkylation sites (tertiary alicyclic amines) is 1. The Hall–Kier alpha value is -2.82. The van der Waals surface area contributed by atoms with Crippen LogP contribution >= 0.6 is 0 Å². The maximum atomic E-state index is 12.3. The number of benzene rings is 2. The van der Waals surface area contributed by atoms with Crippen LogP contribution in [-0.2, 0) is 16.0 Å². The Balaban J connectivity index is 1.47. The van der Waals surface area contributed by atoms with Crippen LogP contribution < -0.4 is 5.32 Å².